The van der Waals surface area contributed by atoms with Crippen LogP contribution in [0.5, 0.6) is 0 Å². The van der Waals surface area contributed by atoms with Crippen LogP contribution in [0.15, 0.2) is 48.5 Å². The molecular weight excluding hydrogens is 462 g/mol. The molecule has 0 aliphatic heterocycles. The fourth-order valence-electron chi connectivity index (χ4n) is 3.70. The normalized spacial score (nSPS) is 12.2. The number of amides is 2. The van der Waals surface area contributed by atoms with E-state index in [0.29, 0.717) is 30.1 Å². The van der Waals surface area contributed by atoms with E-state index >= 15 is 0 Å². The third-order valence-corrected chi connectivity index (χ3v) is 6.84. The number of benzene rings is 2. The number of sulfonamides is 1. The Morgan fingerprint density at radius 1 is 1.12 bits per heavy atom. The number of nitrogens with zero attached hydrogens (tertiary/aromatic N) is 2. The van der Waals surface area contributed by atoms with Crippen molar-refractivity contribution < 1.29 is 18.0 Å². The number of aryl methyl sites for hydroxylation is 1. The maximum Gasteiger partial charge on any atom is 0.242 e. The fourth-order valence-corrected chi connectivity index (χ4v) is 4.88. The summed E-state index contributed by atoms with van der Waals surface area (Å²) in [6.07, 6.45) is 2.00. The van der Waals surface area contributed by atoms with E-state index in [1.165, 1.54) is 4.31 Å². The molecule has 0 saturated carbocycles. The first kappa shape index (κ1) is 26.7. The van der Waals surface area contributed by atoms with Crippen molar-refractivity contribution in [3.05, 3.63) is 64.7 Å². The van der Waals surface area contributed by atoms with Crippen LogP contribution < -0.4 is 9.62 Å². The van der Waals surface area contributed by atoms with Gasteiger partial charge in [-0.2, -0.15) is 0 Å². The summed E-state index contributed by atoms with van der Waals surface area (Å²) in [7, 11) is -2.03. The topological polar surface area (TPSA) is 86.8 Å². The third-order valence-electron chi connectivity index (χ3n) is 5.42. The molecule has 0 fully saturated rings. The molecule has 33 heavy (non-hydrogen) atoms. The minimum atomic E-state index is -3.58. The summed E-state index contributed by atoms with van der Waals surface area (Å²) < 4.78 is 26.2. The van der Waals surface area contributed by atoms with E-state index in [4.69, 9.17) is 11.6 Å². The van der Waals surface area contributed by atoms with Gasteiger partial charge < -0.3 is 10.2 Å². The Hall–Kier alpha value is -2.58. The maximum absolute atomic E-state index is 13.2. The number of halogens is 1. The SMILES string of the molecule is CC[C@@H](C(=O)NC)N(Cc1ccccc1)C(=O)CCCN(c1cc(Cl)ccc1C)S(C)(=O)=O. The van der Waals surface area contributed by atoms with E-state index in [-0.39, 0.29) is 24.8 Å². The zero-order valence-corrected chi connectivity index (χ0v) is 21.1. The van der Waals surface area contributed by atoms with Gasteiger partial charge in [-0.15, -0.1) is 0 Å². The zero-order valence-electron chi connectivity index (χ0n) is 19.5. The number of nitrogens with one attached hydrogen (secondary N) is 1. The van der Waals surface area contributed by atoms with Crippen LogP contribution in [0.25, 0.3) is 0 Å². The van der Waals surface area contributed by atoms with Crippen molar-refractivity contribution in [1.82, 2.24) is 10.2 Å². The summed E-state index contributed by atoms with van der Waals surface area (Å²) in [6, 6.07) is 13.9. The van der Waals surface area contributed by atoms with E-state index in [2.05, 4.69) is 5.32 Å². The van der Waals surface area contributed by atoms with Crippen molar-refractivity contribution in [2.24, 2.45) is 0 Å². The Balaban J connectivity index is 2.20. The van der Waals surface area contributed by atoms with Gasteiger partial charge in [0.1, 0.15) is 6.04 Å². The molecule has 0 spiro atoms. The standard InChI is InChI=1S/C24H32ClN3O4S/c1-5-21(24(30)26-3)27(17-19-10-7-6-8-11-19)23(29)12-9-15-28(33(4,31)32)22-16-20(25)14-13-18(22)2/h6-8,10-11,13-14,16,21H,5,9,12,15,17H2,1-4H3,(H,26,30)/t21-/m0/s1. The van der Waals surface area contributed by atoms with Crippen LogP contribution in [0.3, 0.4) is 0 Å². The molecule has 180 valence electrons. The van der Waals surface area contributed by atoms with Crippen molar-refractivity contribution in [2.45, 2.75) is 45.7 Å². The fraction of sp³-hybridized carbons (Fsp3) is 0.417. The second-order valence-electron chi connectivity index (χ2n) is 7.92. The van der Waals surface area contributed by atoms with E-state index in [0.717, 1.165) is 17.4 Å². The molecule has 2 aromatic carbocycles. The van der Waals surface area contributed by atoms with Crippen LogP contribution in [0.1, 0.15) is 37.3 Å². The van der Waals surface area contributed by atoms with Crippen molar-refractivity contribution in [3.63, 3.8) is 0 Å². The quantitative estimate of drug-likeness (QED) is 0.516. The first-order chi connectivity index (χ1) is 15.6. The smallest absolute Gasteiger partial charge is 0.242 e. The van der Waals surface area contributed by atoms with Crippen molar-refractivity contribution in [3.8, 4) is 0 Å². The van der Waals surface area contributed by atoms with Gasteiger partial charge in [0.05, 0.1) is 11.9 Å². The van der Waals surface area contributed by atoms with Crippen molar-refractivity contribution >= 4 is 39.1 Å². The van der Waals surface area contributed by atoms with Gasteiger partial charge in [-0.25, -0.2) is 8.42 Å². The minimum absolute atomic E-state index is 0.103. The first-order valence-corrected chi connectivity index (χ1v) is 13.1. The van der Waals surface area contributed by atoms with Crippen molar-refractivity contribution in [2.75, 3.05) is 24.2 Å². The molecular formula is C24H32ClN3O4S. The van der Waals surface area contributed by atoms with Crippen LogP contribution >= 0.6 is 11.6 Å². The average Bonchev–Trinajstić information content (AvgIpc) is 2.78. The van der Waals surface area contributed by atoms with Crippen LogP contribution in [0, 0.1) is 6.92 Å². The Kier molecular flexibility index (Phi) is 9.73. The number of hydrogen-bond acceptors (Lipinski definition) is 4. The van der Waals surface area contributed by atoms with Gasteiger partial charge in [-0.3, -0.25) is 13.9 Å². The molecule has 0 aliphatic rings. The Bertz CT molecular complexity index is 1060. The summed E-state index contributed by atoms with van der Waals surface area (Å²) in [5, 5.41) is 3.07. The van der Waals surface area contributed by atoms with Gasteiger partial charge in [0.25, 0.3) is 0 Å². The van der Waals surface area contributed by atoms with Gasteiger partial charge in [0.2, 0.25) is 21.8 Å². The molecule has 7 nitrogen and oxygen atoms in total. The van der Waals surface area contributed by atoms with Gasteiger partial charge in [0.15, 0.2) is 0 Å². The van der Waals surface area contributed by atoms with Gasteiger partial charge >= 0.3 is 0 Å². The van der Waals surface area contributed by atoms with E-state index in [9.17, 15) is 18.0 Å². The third kappa shape index (κ3) is 7.47. The molecule has 0 heterocycles. The van der Waals surface area contributed by atoms with Gasteiger partial charge in [0, 0.05) is 31.6 Å². The highest BCUT2D eigenvalue weighted by Crippen LogP contribution is 2.27. The largest absolute Gasteiger partial charge is 0.357 e. The lowest BCUT2D eigenvalue weighted by molar-refractivity contribution is -0.141. The lowest BCUT2D eigenvalue weighted by atomic mass is 10.1. The first-order valence-electron chi connectivity index (χ1n) is 10.9. The number of rotatable bonds is 11. The van der Waals surface area contributed by atoms with Gasteiger partial charge in [-0.05, 0) is 43.0 Å². The van der Waals surface area contributed by atoms with Crippen LogP contribution in [-0.2, 0) is 26.2 Å². The summed E-state index contributed by atoms with van der Waals surface area (Å²) >= 11 is 6.09. The lowest BCUT2D eigenvalue weighted by Gasteiger charge is -2.31. The molecule has 0 aliphatic carbocycles. The molecule has 0 bridgehead atoms. The van der Waals surface area contributed by atoms with E-state index < -0.39 is 16.1 Å². The monoisotopic (exact) mass is 493 g/mol. The zero-order chi connectivity index (χ0) is 24.6. The second-order valence-corrected chi connectivity index (χ2v) is 10.3. The maximum atomic E-state index is 13.2. The van der Waals surface area contributed by atoms with E-state index in [1.807, 2.05) is 44.2 Å². The van der Waals surface area contributed by atoms with Crippen LogP contribution in [0.4, 0.5) is 5.69 Å². The Morgan fingerprint density at radius 3 is 2.36 bits per heavy atom. The summed E-state index contributed by atoms with van der Waals surface area (Å²) in [5.74, 6) is -0.431. The Morgan fingerprint density at radius 2 is 1.79 bits per heavy atom. The second kappa shape index (κ2) is 12.0. The highest BCUT2D eigenvalue weighted by molar-refractivity contribution is 7.92. The average molecular weight is 494 g/mol. The number of carbonyl (C=O) groups is 2. The van der Waals surface area contributed by atoms with Crippen LogP contribution in [0.2, 0.25) is 5.02 Å². The highest BCUT2D eigenvalue weighted by atomic mass is 35.5. The predicted molar refractivity (Wildman–Crippen MR) is 133 cm³/mol. The summed E-state index contributed by atoms with van der Waals surface area (Å²) in [5.41, 5.74) is 2.18. The molecule has 0 saturated heterocycles. The summed E-state index contributed by atoms with van der Waals surface area (Å²) in [6.45, 7) is 4.10. The van der Waals surface area contributed by atoms with Crippen molar-refractivity contribution in [1.29, 1.82) is 0 Å². The lowest BCUT2D eigenvalue weighted by Crippen LogP contribution is -2.48. The summed E-state index contributed by atoms with van der Waals surface area (Å²) in [4.78, 5) is 27.2. The molecule has 0 unspecified atom stereocenters. The molecule has 2 amide bonds. The molecule has 9 heteroatoms. The molecule has 2 rings (SSSR count). The van der Waals surface area contributed by atoms with Gasteiger partial charge in [-0.1, -0.05) is 54.9 Å². The minimum Gasteiger partial charge on any atom is -0.357 e. The molecule has 0 radical (unpaired) electrons. The number of likely N-dealkylation sites (N-methyl/N-ethyl adjacent to an activating group) is 1. The number of anilines is 1. The predicted octanol–water partition coefficient (Wildman–Crippen LogP) is 3.75. The highest BCUT2D eigenvalue weighted by Gasteiger charge is 2.28. The number of hydrogen-bond donors (Lipinski definition) is 1. The Labute approximate surface area is 201 Å². The van der Waals surface area contributed by atoms with E-state index in [1.54, 1.807) is 30.1 Å². The van der Waals surface area contributed by atoms with Crippen LogP contribution in [-0.4, -0.2) is 51.0 Å². The molecule has 1 N–H and O–H groups in total. The molecule has 1 atom stereocenters. The molecule has 2 aromatic rings. The number of carbonyl (C=O) groups excluding carboxylic acids is 2. The molecule has 0 aromatic heterocycles.